The van der Waals surface area contributed by atoms with Crippen LogP contribution >= 0.6 is 0 Å². The molecule has 0 aromatic carbocycles. The van der Waals surface area contributed by atoms with E-state index in [2.05, 4.69) is 29.6 Å². The molecule has 0 bridgehead atoms. The molecule has 0 aliphatic heterocycles. The first-order valence-electron chi connectivity index (χ1n) is 5.11. The second kappa shape index (κ2) is 3.82. The van der Waals surface area contributed by atoms with Crippen LogP contribution in [0.2, 0.25) is 0 Å². The maximum absolute atomic E-state index is 10.9. The number of amides is 1. The molecule has 2 rings (SSSR count). The topological polar surface area (TPSA) is 29.1 Å². The molecule has 0 fully saturated rings. The molecule has 0 saturated heterocycles. The summed E-state index contributed by atoms with van der Waals surface area (Å²) in [5, 5.41) is 2.83. The third-order valence-corrected chi connectivity index (χ3v) is 2.73. The maximum atomic E-state index is 10.9. The van der Waals surface area contributed by atoms with Crippen LogP contribution in [-0.4, -0.2) is 5.91 Å². The Bertz CT molecular complexity index is 336. The van der Waals surface area contributed by atoms with Crippen LogP contribution < -0.4 is 5.32 Å². The summed E-state index contributed by atoms with van der Waals surface area (Å²) in [7, 11) is 0. The van der Waals surface area contributed by atoms with Gasteiger partial charge >= 0.3 is 0 Å². The van der Waals surface area contributed by atoms with E-state index in [0.29, 0.717) is 5.92 Å². The number of nitrogens with one attached hydrogen (secondary N) is 1. The van der Waals surface area contributed by atoms with Gasteiger partial charge in [0.25, 0.3) is 0 Å². The molecule has 14 heavy (non-hydrogen) atoms. The highest BCUT2D eigenvalue weighted by Crippen LogP contribution is 2.31. The fraction of sp³-hybridized carbons (Fsp3) is 0.417. The fourth-order valence-corrected chi connectivity index (χ4v) is 2.04. The summed E-state index contributed by atoms with van der Waals surface area (Å²) in [4.78, 5) is 10.9. The zero-order chi connectivity index (χ0) is 9.97. The van der Waals surface area contributed by atoms with Crippen LogP contribution in [0.15, 0.2) is 35.6 Å². The van der Waals surface area contributed by atoms with Crippen molar-refractivity contribution in [1.29, 1.82) is 0 Å². The van der Waals surface area contributed by atoms with Crippen molar-refractivity contribution in [3.63, 3.8) is 0 Å². The molecular weight excluding hydrogens is 174 g/mol. The molecule has 2 heteroatoms. The van der Waals surface area contributed by atoms with Gasteiger partial charge in [0.15, 0.2) is 0 Å². The molecule has 1 unspecified atom stereocenters. The highest BCUT2D eigenvalue weighted by Gasteiger charge is 2.18. The number of carbonyl (C=O) groups is 1. The number of hydrogen-bond donors (Lipinski definition) is 1. The molecule has 0 radical (unpaired) electrons. The van der Waals surface area contributed by atoms with E-state index in [0.717, 1.165) is 12.1 Å². The molecule has 1 amide bonds. The highest BCUT2D eigenvalue weighted by molar-refractivity contribution is 5.75. The van der Waals surface area contributed by atoms with Gasteiger partial charge in [0, 0.05) is 12.6 Å². The smallest absolute Gasteiger partial charge is 0.221 e. The number of rotatable bonds is 1. The molecule has 2 aliphatic rings. The van der Waals surface area contributed by atoms with Crippen molar-refractivity contribution in [1.82, 2.24) is 5.32 Å². The lowest BCUT2D eigenvalue weighted by atomic mass is 9.83. The van der Waals surface area contributed by atoms with E-state index in [1.54, 1.807) is 6.92 Å². The predicted molar refractivity (Wildman–Crippen MR) is 56.5 cm³/mol. The number of allylic oxidation sites excluding steroid dienone is 5. The molecule has 0 aromatic heterocycles. The van der Waals surface area contributed by atoms with Gasteiger partial charge in [-0.3, -0.25) is 4.79 Å². The molecule has 0 heterocycles. The quantitative estimate of drug-likeness (QED) is 0.673. The number of hydrogen-bond acceptors (Lipinski definition) is 1. The Morgan fingerprint density at radius 2 is 2.43 bits per heavy atom. The lowest BCUT2D eigenvalue weighted by molar-refractivity contribution is -0.118. The van der Waals surface area contributed by atoms with Crippen molar-refractivity contribution in [3.8, 4) is 0 Å². The molecule has 74 valence electrons. The Labute approximate surface area is 84.4 Å². The molecule has 1 N–H and O–H groups in total. The largest absolute Gasteiger partial charge is 0.327 e. The van der Waals surface area contributed by atoms with Crippen LogP contribution in [0.5, 0.6) is 0 Å². The monoisotopic (exact) mass is 189 g/mol. The lowest BCUT2D eigenvalue weighted by Crippen LogP contribution is -2.21. The van der Waals surface area contributed by atoms with Gasteiger partial charge in [-0.2, -0.15) is 0 Å². The fourth-order valence-electron chi connectivity index (χ4n) is 2.04. The second-order valence-corrected chi connectivity index (χ2v) is 3.90. The Kier molecular flexibility index (Phi) is 2.53. The predicted octanol–water partition coefficient (Wildman–Crippen LogP) is 2.30. The van der Waals surface area contributed by atoms with Crippen molar-refractivity contribution in [3.05, 3.63) is 35.6 Å². The average molecular weight is 189 g/mol. The standard InChI is InChI=1S/C12H15NO/c1-9(14)13-12-7-6-10-4-2-3-5-11(10)8-12/h3,5,7-8,10H,2,4,6H2,1H3,(H,13,14). The van der Waals surface area contributed by atoms with E-state index in [-0.39, 0.29) is 5.91 Å². The van der Waals surface area contributed by atoms with Crippen LogP contribution in [0.25, 0.3) is 0 Å². The zero-order valence-electron chi connectivity index (χ0n) is 8.42. The SMILES string of the molecule is CC(=O)NC1=CCC2CCC=CC2=C1. The summed E-state index contributed by atoms with van der Waals surface area (Å²) in [6.07, 6.45) is 12.1. The molecule has 2 aliphatic carbocycles. The number of fused-ring (bicyclic) bond motifs is 1. The van der Waals surface area contributed by atoms with E-state index in [1.165, 1.54) is 18.4 Å². The summed E-state index contributed by atoms with van der Waals surface area (Å²) in [6.45, 7) is 1.54. The summed E-state index contributed by atoms with van der Waals surface area (Å²) < 4.78 is 0. The summed E-state index contributed by atoms with van der Waals surface area (Å²) in [6, 6.07) is 0. The first kappa shape index (κ1) is 9.25. The van der Waals surface area contributed by atoms with Gasteiger partial charge in [-0.15, -0.1) is 0 Å². The average Bonchev–Trinajstić information content (AvgIpc) is 2.17. The van der Waals surface area contributed by atoms with Gasteiger partial charge in [0.1, 0.15) is 0 Å². The molecule has 0 aromatic rings. The van der Waals surface area contributed by atoms with E-state index in [1.807, 2.05) is 0 Å². The van der Waals surface area contributed by atoms with Crippen LogP contribution in [-0.2, 0) is 4.79 Å². The minimum absolute atomic E-state index is 0.00587. The first-order chi connectivity index (χ1) is 6.75. The van der Waals surface area contributed by atoms with Crippen molar-refractivity contribution in [2.75, 3.05) is 0 Å². The van der Waals surface area contributed by atoms with Crippen molar-refractivity contribution in [2.45, 2.75) is 26.2 Å². The minimum atomic E-state index is 0.00587. The summed E-state index contributed by atoms with van der Waals surface area (Å²) in [5.74, 6) is 0.684. The molecule has 1 atom stereocenters. The number of carbonyl (C=O) groups excluding carboxylic acids is 1. The van der Waals surface area contributed by atoms with Gasteiger partial charge in [-0.25, -0.2) is 0 Å². The van der Waals surface area contributed by atoms with Crippen LogP contribution in [0.3, 0.4) is 0 Å². The Morgan fingerprint density at radius 1 is 1.57 bits per heavy atom. The normalized spacial score (nSPS) is 24.8. The van der Waals surface area contributed by atoms with Gasteiger partial charge < -0.3 is 5.32 Å². The van der Waals surface area contributed by atoms with Crippen LogP contribution in [0.1, 0.15) is 26.2 Å². The van der Waals surface area contributed by atoms with E-state index in [9.17, 15) is 4.79 Å². The minimum Gasteiger partial charge on any atom is -0.327 e. The molecule has 0 spiro atoms. The highest BCUT2D eigenvalue weighted by atomic mass is 16.1. The molecule has 2 nitrogen and oxygen atoms in total. The van der Waals surface area contributed by atoms with Crippen molar-refractivity contribution in [2.24, 2.45) is 5.92 Å². The third-order valence-electron chi connectivity index (χ3n) is 2.73. The molecule has 0 saturated carbocycles. The second-order valence-electron chi connectivity index (χ2n) is 3.90. The Balaban J connectivity index is 2.13. The van der Waals surface area contributed by atoms with Gasteiger partial charge in [-0.05, 0) is 36.8 Å². The summed E-state index contributed by atoms with van der Waals surface area (Å²) >= 11 is 0. The third kappa shape index (κ3) is 1.95. The van der Waals surface area contributed by atoms with Gasteiger partial charge in [0.05, 0.1) is 0 Å². The summed E-state index contributed by atoms with van der Waals surface area (Å²) in [5.41, 5.74) is 2.32. The lowest BCUT2D eigenvalue weighted by Gasteiger charge is -2.24. The Morgan fingerprint density at radius 3 is 3.21 bits per heavy atom. The first-order valence-corrected chi connectivity index (χ1v) is 5.11. The zero-order valence-corrected chi connectivity index (χ0v) is 8.42. The van der Waals surface area contributed by atoms with Gasteiger partial charge in [-0.1, -0.05) is 18.2 Å². The van der Waals surface area contributed by atoms with E-state index < -0.39 is 0 Å². The van der Waals surface area contributed by atoms with Crippen molar-refractivity contribution >= 4 is 5.91 Å². The van der Waals surface area contributed by atoms with E-state index >= 15 is 0 Å². The molecular formula is C12H15NO. The van der Waals surface area contributed by atoms with Crippen molar-refractivity contribution < 1.29 is 4.79 Å². The van der Waals surface area contributed by atoms with Crippen LogP contribution in [0.4, 0.5) is 0 Å². The Hall–Kier alpha value is -1.31. The van der Waals surface area contributed by atoms with E-state index in [4.69, 9.17) is 0 Å². The van der Waals surface area contributed by atoms with Gasteiger partial charge in [0.2, 0.25) is 5.91 Å². The maximum Gasteiger partial charge on any atom is 0.221 e. The van der Waals surface area contributed by atoms with Crippen LogP contribution in [0, 0.1) is 5.92 Å².